The molecule has 0 saturated carbocycles. The van der Waals surface area contributed by atoms with Crippen LogP contribution in [0.15, 0.2) is 5.10 Å². The first-order chi connectivity index (χ1) is 4.72. The Kier molecular flexibility index (Phi) is 1.69. The molecule has 6 N–H and O–H groups in total. The minimum Gasteiger partial charge on any atom is -0.480 e. The largest absolute Gasteiger partial charge is 0.480 e. The Balaban J connectivity index is 2.55. The average molecular weight is 145 g/mol. The number of carboxylic acid groups (broad SMARTS) is 1. The van der Waals surface area contributed by atoms with Gasteiger partial charge in [0.05, 0.1) is 0 Å². The summed E-state index contributed by atoms with van der Waals surface area (Å²) in [4.78, 5) is 10.2. The Hall–Kier alpha value is -1.34. The molecule has 0 fully saturated rings. The number of hydrazine groups is 2. The molecule has 1 heterocycles. The number of hydrazone groups is 1. The van der Waals surface area contributed by atoms with Gasteiger partial charge in [-0.05, 0) is 0 Å². The van der Waals surface area contributed by atoms with Crippen molar-refractivity contribution in [2.45, 2.75) is 6.04 Å². The summed E-state index contributed by atoms with van der Waals surface area (Å²) in [6, 6.07) is -1.11. The fourth-order valence-corrected chi connectivity index (χ4v) is 0.472. The van der Waals surface area contributed by atoms with Crippen molar-refractivity contribution in [1.29, 1.82) is 0 Å². The van der Waals surface area contributed by atoms with E-state index in [-0.39, 0.29) is 5.84 Å². The molecule has 0 aromatic rings. The number of amidine groups is 1. The summed E-state index contributed by atoms with van der Waals surface area (Å²) in [6.45, 7) is 0. The monoisotopic (exact) mass is 145 g/mol. The maximum Gasteiger partial charge on any atom is 0.328 e. The van der Waals surface area contributed by atoms with E-state index >= 15 is 0 Å². The van der Waals surface area contributed by atoms with Crippen LogP contribution in [0.2, 0.25) is 0 Å². The molecule has 0 amide bonds. The SMILES string of the molecule is NC(C(=O)O)C1=NNNN1. The number of nitrogens with zero attached hydrogens (tertiary/aromatic N) is 1. The molecule has 1 atom stereocenters. The van der Waals surface area contributed by atoms with E-state index in [9.17, 15) is 4.79 Å². The number of carboxylic acids is 1. The standard InChI is InChI=1S/C3H7N5O2/c4-1(3(9)10)2-5-7-8-6-2/h1,7-8H,4H2,(H,5,6)(H,9,10). The fraction of sp³-hybridized carbons (Fsp3) is 0.333. The van der Waals surface area contributed by atoms with Gasteiger partial charge in [0.25, 0.3) is 0 Å². The normalized spacial score (nSPS) is 18.7. The van der Waals surface area contributed by atoms with E-state index in [1.54, 1.807) is 0 Å². The number of hydrogen-bond donors (Lipinski definition) is 5. The van der Waals surface area contributed by atoms with E-state index in [0.717, 1.165) is 0 Å². The number of nitrogens with two attached hydrogens (primary N) is 1. The van der Waals surface area contributed by atoms with Gasteiger partial charge in [-0.25, -0.2) is 5.53 Å². The zero-order valence-corrected chi connectivity index (χ0v) is 4.96. The van der Waals surface area contributed by atoms with Gasteiger partial charge in [0.15, 0.2) is 11.9 Å². The first-order valence-electron chi connectivity index (χ1n) is 2.54. The van der Waals surface area contributed by atoms with Gasteiger partial charge in [-0.1, -0.05) is 0 Å². The smallest absolute Gasteiger partial charge is 0.328 e. The van der Waals surface area contributed by atoms with Gasteiger partial charge in [0.2, 0.25) is 0 Å². The van der Waals surface area contributed by atoms with E-state index in [2.05, 4.69) is 21.6 Å². The number of hydrogen-bond acceptors (Lipinski definition) is 6. The van der Waals surface area contributed by atoms with Crippen LogP contribution in [-0.2, 0) is 4.79 Å². The van der Waals surface area contributed by atoms with E-state index in [4.69, 9.17) is 10.8 Å². The molecule has 0 aromatic carbocycles. The maximum atomic E-state index is 10.2. The molecular weight excluding hydrogens is 138 g/mol. The van der Waals surface area contributed by atoms with Crippen LogP contribution in [0.3, 0.4) is 0 Å². The molecule has 56 valence electrons. The fourth-order valence-electron chi connectivity index (χ4n) is 0.472. The lowest BCUT2D eigenvalue weighted by Crippen LogP contribution is -2.47. The van der Waals surface area contributed by atoms with E-state index in [0.29, 0.717) is 0 Å². The van der Waals surface area contributed by atoms with Crippen molar-refractivity contribution in [2.24, 2.45) is 10.8 Å². The number of nitrogens with one attached hydrogen (secondary N) is 3. The highest BCUT2D eigenvalue weighted by molar-refractivity contribution is 6.04. The van der Waals surface area contributed by atoms with E-state index in [1.807, 2.05) is 0 Å². The number of rotatable bonds is 2. The molecule has 1 rings (SSSR count). The van der Waals surface area contributed by atoms with E-state index < -0.39 is 12.0 Å². The van der Waals surface area contributed by atoms with Crippen molar-refractivity contribution in [3.63, 3.8) is 0 Å². The summed E-state index contributed by atoms with van der Waals surface area (Å²) < 4.78 is 0. The Morgan fingerprint density at radius 1 is 1.80 bits per heavy atom. The molecule has 7 nitrogen and oxygen atoms in total. The van der Waals surface area contributed by atoms with E-state index in [1.165, 1.54) is 0 Å². The van der Waals surface area contributed by atoms with Crippen LogP contribution in [0.5, 0.6) is 0 Å². The molecule has 1 aliphatic heterocycles. The van der Waals surface area contributed by atoms with Gasteiger partial charge in [-0.3, -0.25) is 10.2 Å². The van der Waals surface area contributed by atoms with Crippen LogP contribution >= 0.6 is 0 Å². The van der Waals surface area contributed by atoms with Crippen LogP contribution in [0.4, 0.5) is 0 Å². The van der Waals surface area contributed by atoms with Gasteiger partial charge in [-0.2, -0.15) is 0 Å². The number of carbonyl (C=O) groups is 1. The summed E-state index contributed by atoms with van der Waals surface area (Å²) in [5, 5.41) is 11.8. The van der Waals surface area contributed by atoms with Gasteiger partial charge >= 0.3 is 5.97 Å². The van der Waals surface area contributed by atoms with Crippen molar-refractivity contribution in [3.8, 4) is 0 Å². The first-order valence-corrected chi connectivity index (χ1v) is 2.54. The Bertz CT molecular complexity index is 178. The predicted octanol–water partition coefficient (Wildman–Crippen LogP) is -2.68. The second-order valence-corrected chi connectivity index (χ2v) is 1.67. The maximum absolute atomic E-state index is 10.2. The predicted molar refractivity (Wildman–Crippen MR) is 32.5 cm³/mol. The van der Waals surface area contributed by atoms with Crippen LogP contribution in [0, 0.1) is 0 Å². The first kappa shape index (κ1) is 6.78. The van der Waals surface area contributed by atoms with Crippen LogP contribution in [0.25, 0.3) is 0 Å². The summed E-state index contributed by atoms with van der Waals surface area (Å²) in [5.74, 6) is -0.968. The minimum atomic E-state index is -1.13. The topological polar surface area (TPSA) is 112 Å². The van der Waals surface area contributed by atoms with Gasteiger partial charge < -0.3 is 10.8 Å². The second kappa shape index (κ2) is 2.50. The lowest BCUT2D eigenvalue weighted by Gasteiger charge is -2.03. The Morgan fingerprint density at radius 2 is 2.50 bits per heavy atom. The molecule has 0 spiro atoms. The highest BCUT2D eigenvalue weighted by Crippen LogP contribution is 1.82. The lowest BCUT2D eigenvalue weighted by molar-refractivity contribution is -0.136. The zero-order valence-electron chi connectivity index (χ0n) is 4.96. The molecule has 0 radical (unpaired) electrons. The van der Waals surface area contributed by atoms with Gasteiger partial charge in [0, 0.05) is 0 Å². The third-order valence-corrected chi connectivity index (χ3v) is 0.983. The van der Waals surface area contributed by atoms with Crippen molar-refractivity contribution in [2.75, 3.05) is 0 Å². The van der Waals surface area contributed by atoms with Crippen LogP contribution in [0.1, 0.15) is 0 Å². The van der Waals surface area contributed by atoms with Gasteiger partial charge in [0.1, 0.15) is 0 Å². The quantitative estimate of drug-likeness (QED) is 0.289. The molecule has 0 bridgehead atoms. The van der Waals surface area contributed by atoms with Crippen molar-refractivity contribution in [1.82, 2.24) is 16.5 Å². The molecule has 1 unspecified atom stereocenters. The summed E-state index contributed by atoms with van der Waals surface area (Å²) >= 11 is 0. The van der Waals surface area contributed by atoms with Crippen molar-refractivity contribution < 1.29 is 9.90 Å². The molecule has 0 aliphatic carbocycles. The summed E-state index contributed by atoms with van der Waals surface area (Å²) in [7, 11) is 0. The third kappa shape index (κ3) is 1.14. The third-order valence-electron chi connectivity index (χ3n) is 0.983. The second-order valence-electron chi connectivity index (χ2n) is 1.67. The average Bonchev–Trinajstić information content (AvgIpc) is 2.36. The zero-order chi connectivity index (χ0) is 7.56. The molecule has 10 heavy (non-hydrogen) atoms. The Morgan fingerprint density at radius 3 is 2.90 bits per heavy atom. The molecular formula is C3H7N5O2. The number of aliphatic carboxylic acids is 1. The molecule has 0 saturated heterocycles. The Labute approximate surface area is 56.2 Å². The highest BCUT2D eigenvalue weighted by atomic mass is 16.4. The minimum absolute atomic E-state index is 0.160. The summed E-state index contributed by atoms with van der Waals surface area (Å²) in [6.07, 6.45) is 0. The lowest BCUT2D eigenvalue weighted by atomic mass is 10.3. The van der Waals surface area contributed by atoms with Gasteiger partial charge in [-0.15, -0.1) is 10.6 Å². The van der Waals surface area contributed by atoms with Crippen molar-refractivity contribution >= 4 is 11.8 Å². The van der Waals surface area contributed by atoms with Crippen LogP contribution in [-0.4, -0.2) is 23.0 Å². The molecule has 7 heteroatoms. The summed E-state index contributed by atoms with van der Waals surface area (Å²) in [5.41, 5.74) is 12.2. The molecule has 1 aliphatic rings. The van der Waals surface area contributed by atoms with Crippen LogP contribution < -0.4 is 22.2 Å². The van der Waals surface area contributed by atoms with Crippen molar-refractivity contribution in [3.05, 3.63) is 0 Å². The highest BCUT2D eigenvalue weighted by Gasteiger charge is 2.20. The molecule has 0 aromatic heterocycles.